The summed E-state index contributed by atoms with van der Waals surface area (Å²) in [4.78, 5) is 20.5. The standard InChI is InChI=1S/C17H16ClFN4O2.C6H6/c1-17(9-25-8-15(20)23-17)12-6-11(3-4-13(12)19)22-16(24)14-5-2-10(18)7-21-14;1-2-4-6-5-3-1/h2-7H,8-9H2,1H3,(H2,20,23)(H,22,24);1-6H. The van der Waals surface area contributed by atoms with E-state index in [1.165, 1.54) is 30.5 Å². The van der Waals surface area contributed by atoms with Gasteiger partial charge in [-0.2, -0.15) is 0 Å². The van der Waals surface area contributed by atoms with E-state index in [4.69, 9.17) is 22.1 Å². The van der Waals surface area contributed by atoms with Gasteiger partial charge in [0, 0.05) is 17.4 Å². The van der Waals surface area contributed by atoms with Crippen molar-refractivity contribution >= 4 is 29.0 Å². The molecule has 1 unspecified atom stereocenters. The molecular weight excluding hydrogens is 419 g/mol. The number of rotatable bonds is 3. The molecule has 1 aliphatic heterocycles. The van der Waals surface area contributed by atoms with E-state index in [-0.39, 0.29) is 24.5 Å². The van der Waals surface area contributed by atoms with Gasteiger partial charge in [-0.25, -0.2) is 9.37 Å². The van der Waals surface area contributed by atoms with Gasteiger partial charge < -0.3 is 15.8 Å². The molecule has 0 spiro atoms. The minimum absolute atomic E-state index is 0.195. The number of amides is 1. The maximum atomic E-state index is 14.3. The normalized spacial score (nSPS) is 17.7. The first-order valence-electron chi connectivity index (χ1n) is 9.52. The molecule has 31 heavy (non-hydrogen) atoms. The van der Waals surface area contributed by atoms with Crippen LogP contribution in [0, 0.1) is 5.82 Å². The minimum atomic E-state index is -0.953. The number of halogens is 2. The summed E-state index contributed by atoms with van der Waals surface area (Å²) in [6.45, 7) is 2.14. The zero-order chi connectivity index (χ0) is 22.3. The first-order chi connectivity index (χ1) is 14.9. The number of hydrogen-bond acceptors (Lipinski definition) is 5. The van der Waals surface area contributed by atoms with Crippen LogP contribution in [0.15, 0.2) is 77.9 Å². The van der Waals surface area contributed by atoms with Crippen molar-refractivity contribution in [3.8, 4) is 0 Å². The number of aromatic nitrogens is 1. The second kappa shape index (κ2) is 10.1. The number of aliphatic imine (C=N–C) groups is 1. The molecular formula is C23H22ClFN4O2. The molecule has 1 aliphatic rings. The second-order valence-corrected chi connectivity index (χ2v) is 7.47. The second-order valence-electron chi connectivity index (χ2n) is 7.03. The van der Waals surface area contributed by atoms with Crippen LogP contribution in [0.2, 0.25) is 5.02 Å². The first-order valence-corrected chi connectivity index (χ1v) is 9.90. The van der Waals surface area contributed by atoms with Crippen molar-refractivity contribution in [3.63, 3.8) is 0 Å². The van der Waals surface area contributed by atoms with E-state index in [1.54, 1.807) is 13.0 Å². The van der Waals surface area contributed by atoms with Crippen molar-refractivity contribution in [3.05, 3.63) is 95.0 Å². The van der Waals surface area contributed by atoms with Gasteiger partial charge in [0.15, 0.2) is 0 Å². The minimum Gasteiger partial charge on any atom is -0.386 e. The molecule has 3 N–H and O–H groups in total. The molecule has 1 aromatic heterocycles. The van der Waals surface area contributed by atoms with Gasteiger partial charge in [0.1, 0.15) is 29.5 Å². The quantitative estimate of drug-likeness (QED) is 0.631. The van der Waals surface area contributed by atoms with Gasteiger partial charge in [-0.05, 0) is 37.3 Å². The highest BCUT2D eigenvalue weighted by molar-refractivity contribution is 6.30. The Hall–Kier alpha value is -3.29. The number of nitrogens with two attached hydrogens (primary N) is 1. The lowest BCUT2D eigenvalue weighted by atomic mass is 9.92. The van der Waals surface area contributed by atoms with Gasteiger partial charge in [0.25, 0.3) is 5.91 Å². The van der Waals surface area contributed by atoms with E-state index in [9.17, 15) is 9.18 Å². The van der Waals surface area contributed by atoms with Crippen molar-refractivity contribution in [1.29, 1.82) is 0 Å². The van der Waals surface area contributed by atoms with E-state index in [2.05, 4.69) is 15.3 Å². The van der Waals surface area contributed by atoms with Crippen molar-refractivity contribution in [1.82, 2.24) is 4.98 Å². The predicted molar refractivity (Wildman–Crippen MR) is 120 cm³/mol. The Morgan fingerprint density at radius 1 is 1.16 bits per heavy atom. The number of anilines is 1. The molecule has 0 saturated heterocycles. The lowest BCUT2D eigenvalue weighted by molar-refractivity contribution is 0.102. The average molecular weight is 441 g/mol. The third kappa shape index (κ3) is 6.10. The van der Waals surface area contributed by atoms with Crippen LogP contribution >= 0.6 is 11.6 Å². The average Bonchev–Trinajstić information content (AvgIpc) is 2.77. The molecule has 0 bridgehead atoms. The van der Waals surface area contributed by atoms with Crippen molar-refractivity contribution < 1.29 is 13.9 Å². The van der Waals surface area contributed by atoms with Gasteiger partial charge in [-0.15, -0.1) is 0 Å². The zero-order valence-corrected chi connectivity index (χ0v) is 17.6. The van der Waals surface area contributed by atoms with Crippen LogP contribution in [-0.2, 0) is 10.3 Å². The molecule has 2 heterocycles. The molecule has 0 radical (unpaired) electrons. The molecule has 1 atom stereocenters. The number of hydrogen-bond donors (Lipinski definition) is 2. The van der Waals surface area contributed by atoms with Crippen molar-refractivity contribution in [2.45, 2.75) is 12.5 Å². The highest BCUT2D eigenvalue weighted by Crippen LogP contribution is 2.32. The van der Waals surface area contributed by atoms with Crippen LogP contribution in [0.4, 0.5) is 10.1 Å². The molecule has 8 heteroatoms. The number of pyridine rings is 1. The van der Waals surface area contributed by atoms with Crippen LogP contribution in [0.1, 0.15) is 23.0 Å². The number of benzene rings is 2. The van der Waals surface area contributed by atoms with Crippen molar-refractivity contribution in [2.75, 3.05) is 18.5 Å². The smallest absolute Gasteiger partial charge is 0.274 e. The molecule has 2 aromatic carbocycles. The third-order valence-electron chi connectivity index (χ3n) is 4.45. The first kappa shape index (κ1) is 22.4. The highest BCUT2D eigenvalue weighted by atomic mass is 35.5. The van der Waals surface area contributed by atoms with Crippen LogP contribution in [-0.4, -0.2) is 29.9 Å². The summed E-state index contributed by atoms with van der Waals surface area (Å²) in [6.07, 6.45) is 1.38. The highest BCUT2D eigenvalue weighted by Gasteiger charge is 2.33. The summed E-state index contributed by atoms with van der Waals surface area (Å²) in [6, 6.07) is 19.3. The maximum absolute atomic E-state index is 14.3. The summed E-state index contributed by atoms with van der Waals surface area (Å²) >= 11 is 5.76. The van der Waals surface area contributed by atoms with E-state index >= 15 is 0 Å². The molecule has 160 valence electrons. The number of ether oxygens (including phenoxy) is 1. The number of nitrogens with one attached hydrogen (secondary N) is 1. The van der Waals surface area contributed by atoms with E-state index in [0.29, 0.717) is 16.5 Å². The summed E-state index contributed by atoms with van der Waals surface area (Å²) in [5.41, 5.74) is 5.67. The number of amidine groups is 1. The van der Waals surface area contributed by atoms with Gasteiger partial charge in [0.05, 0.1) is 11.6 Å². The summed E-state index contributed by atoms with van der Waals surface area (Å²) in [5, 5.41) is 3.11. The number of nitrogens with zero attached hydrogens (tertiary/aromatic N) is 2. The summed E-state index contributed by atoms with van der Waals surface area (Å²) in [7, 11) is 0. The Kier molecular flexibility index (Phi) is 7.33. The van der Waals surface area contributed by atoms with E-state index in [0.717, 1.165) is 0 Å². The third-order valence-corrected chi connectivity index (χ3v) is 4.68. The lowest BCUT2D eigenvalue weighted by Gasteiger charge is -2.30. The molecule has 0 fully saturated rings. The Morgan fingerprint density at radius 2 is 1.84 bits per heavy atom. The van der Waals surface area contributed by atoms with Crippen LogP contribution in [0.3, 0.4) is 0 Å². The summed E-state index contributed by atoms with van der Waals surface area (Å²) < 4.78 is 19.7. The molecule has 0 saturated carbocycles. The van der Waals surface area contributed by atoms with Crippen LogP contribution in [0.5, 0.6) is 0 Å². The molecule has 1 amide bonds. The number of carbonyl (C=O) groups excluding carboxylic acids is 1. The molecule has 0 aliphatic carbocycles. The van der Waals surface area contributed by atoms with E-state index in [1.807, 2.05) is 36.4 Å². The fourth-order valence-corrected chi connectivity index (χ4v) is 3.09. The maximum Gasteiger partial charge on any atom is 0.274 e. The van der Waals surface area contributed by atoms with Crippen molar-refractivity contribution in [2.24, 2.45) is 10.7 Å². The van der Waals surface area contributed by atoms with Gasteiger partial charge in [-0.1, -0.05) is 48.0 Å². The number of carbonyl (C=O) groups is 1. The Labute approximate surface area is 184 Å². The summed E-state index contributed by atoms with van der Waals surface area (Å²) in [5.74, 6) is -0.581. The molecule has 4 rings (SSSR count). The van der Waals surface area contributed by atoms with Gasteiger partial charge in [0.2, 0.25) is 0 Å². The molecule has 6 nitrogen and oxygen atoms in total. The van der Waals surface area contributed by atoms with Crippen LogP contribution in [0.25, 0.3) is 0 Å². The Morgan fingerprint density at radius 3 is 2.42 bits per heavy atom. The lowest BCUT2D eigenvalue weighted by Crippen LogP contribution is -2.38. The molecule has 3 aromatic rings. The topological polar surface area (TPSA) is 89.6 Å². The zero-order valence-electron chi connectivity index (χ0n) is 16.9. The fourth-order valence-electron chi connectivity index (χ4n) is 2.98. The Balaban J connectivity index is 0.000000391. The van der Waals surface area contributed by atoms with Crippen LogP contribution < -0.4 is 11.1 Å². The Bertz CT molecular complexity index is 1030. The monoisotopic (exact) mass is 440 g/mol. The van der Waals surface area contributed by atoms with E-state index < -0.39 is 17.3 Å². The predicted octanol–water partition coefficient (Wildman–Crippen LogP) is 4.42. The fraction of sp³-hybridized carbons (Fsp3) is 0.174. The largest absolute Gasteiger partial charge is 0.386 e. The SMILES string of the molecule is CC1(c2cc(NC(=O)c3ccc(Cl)cn3)ccc2F)COCC(N)=N1.c1ccccc1. The van der Waals surface area contributed by atoms with Gasteiger partial charge in [-0.3, -0.25) is 9.79 Å². The van der Waals surface area contributed by atoms with Gasteiger partial charge >= 0.3 is 0 Å².